The van der Waals surface area contributed by atoms with Crippen LogP contribution < -0.4 is 11.1 Å². The summed E-state index contributed by atoms with van der Waals surface area (Å²) in [6, 6.07) is 4.62. The molecule has 5 heteroatoms. The van der Waals surface area contributed by atoms with Crippen LogP contribution in [0.15, 0.2) is 18.2 Å². The number of anilines is 1. The van der Waals surface area contributed by atoms with Gasteiger partial charge < -0.3 is 15.8 Å². The van der Waals surface area contributed by atoms with Gasteiger partial charge in [0.1, 0.15) is 5.82 Å². The third-order valence-electron chi connectivity index (χ3n) is 2.42. The smallest absolute Gasteiger partial charge is 0.147 e. The molecular weight excluding hydrogens is 243 g/mol. The molecule has 0 aromatic heterocycles. The van der Waals surface area contributed by atoms with E-state index in [2.05, 4.69) is 5.32 Å². The van der Waals surface area contributed by atoms with Crippen molar-refractivity contribution in [3.05, 3.63) is 29.0 Å². The monoisotopic (exact) mass is 260 g/mol. The predicted octanol–water partition coefficient (Wildman–Crippen LogP) is 2.64. The zero-order chi connectivity index (χ0) is 12.7. The summed E-state index contributed by atoms with van der Waals surface area (Å²) < 4.78 is 18.6. The molecule has 17 heavy (non-hydrogen) atoms. The molecule has 1 aromatic rings. The molecule has 1 unspecified atom stereocenters. The lowest BCUT2D eigenvalue weighted by Crippen LogP contribution is -2.26. The second-order valence-corrected chi connectivity index (χ2v) is 4.29. The molecule has 0 bridgehead atoms. The van der Waals surface area contributed by atoms with Gasteiger partial charge >= 0.3 is 0 Å². The minimum Gasteiger partial charge on any atom is -0.383 e. The number of halogens is 2. The molecule has 0 heterocycles. The Kier molecular flexibility index (Phi) is 6.26. The molecule has 3 N–H and O–H groups in total. The van der Waals surface area contributed by atoms with Gasteiger partial charge in [-0.2, -0.15) is 0 Å². The highest BCUT2D eigenvalue weighted by Gasteiger charge is 2.10. The summed E-state index contributed by atoms with van der Waals surface area (Å²) in [5.74, 6) is -0.355. The highest BCUT2D eigenvalue weighted by atomic mass is 35.5. The second kappa shape index (κ2) is 7.48. The van der Waals surface area contributed by atoms with E-state index in [1.54, 1.807) is 19.2 Å². The van der Waals surface area contributed by atoms with Gasteiger partial charge in [-0.15, -0.1) is 0 Å². The van der Waals surface area contributed by atoms with Crippen LogP contribution in [0.2, 0.25) is 5.02 Å². The number of ether oxygens (including phenoxy) is 1. The number of hydrogen-bond acceptors (Lipinski definition) is 3. The van der Waals surface area contributed by atoms with Crippen molar-refractivity contribution in [2.75, 3.05) is 25.6 Å². The molecule has 0 aliphatic carbocycles. The Morgan fingerprint density at radius 2 is 2.29 bits per heavy atom. The quantitative estimate of drug-likeness (QED) is 0.792. The molecule has 0 aliphatic rings. The lowest BCUT2D eigenvalue weighted by molar-refractivity contribution is 0.182. The largest absolute Gasteiger partial charge is 0.383 e. The van der Waals surface area contributed by atoms with E-state index in [0.29, 0.717) is 23.9 Å². The minimum absolute atomic E-state index is 0.0548. The molecule has 3 nitrogen and oxygen atoms in total. The number of benzene rings is 1. The SMILES string of the molecule is COCC(CCCN)Nc1ccc(Cl)cc1F. The predicted molar refractivity (Wildman–Crippen MR) is 69.0 cm³/mol. The summed E-state index contributed by atoms with van der Waals surface area (Å²) in [7, 11) is 1.62. The number of nitrogens with two attached hydrogens (primary N) is 1. The van der Waals surface area contributed by atoms with Crippen LogP contribution in [0.5, 0.6) is 0 Å². The third kappa shape index (κ3) is 4.89. The van der Waals surface area contributed by atoms with Gasteiger partial charge in [0.25, 0.3) is 0 Å². The third-order valence-corrected chi connectivity index (χ3v) is 2.65. The van der Waals surface area contributed by atoms with Gasteiger partial charge in [0.05, 0.1) is 12.3 Å². The van der Waals surface area contributed by atoms with Gasteiger partial charge in [0.2, 0.25) is 0 Å². The van der Waals surface area contributed by atoms with Crippen LogP contribution >= 0.6 is 11.6 Å². The fourth-order valence-electron chi connectivity index (χ4n) is 1.59. The van der Waals surface area contributed by atoms with Gasteiger partial charge in [-0.05, 0) is 37.6 Å². The topological polar surface area (TPSA) is 47.3 Å². The minimum atomic E-state index is -0.355. The molecule has 0 amide bonds. The Labute approximate surface area is 106 Å². The number of hydrogen-bond donors (Lipinski definition) is 2. The summed E-state index contributed by atoms with van der Waals surface area (Å²) in [5.41, 5.74) is 5.89. The first-order chi connectivity index (χ1) is 8.17. The molecule has 0 saturated heterocycles. The van der Waals surface area contributed by atoms with E-state index >= 15 is 0 Å². The van der Waals surface area contributed by atoms with Crippen LogP contribution in [0.25, 0.3) is 0 Å². The van der Waals surface area contributed by atoms with Crippen LogP contribution in [0.4, 0.5) is 10.1 Å². The van der Waals surface area contributed by atoms with Crippen molar-refractivity contribution in [2.45, 2.75) is 18.9 Å². The van der Waals surface area contributed by atoms with Crippen molar-refractivity contribution >= 4 is 17.3 Å². The van der Waals surface area contributed by atoms with Gasteiger partial charge in [0.15, 0.2) is 0 Å². The summed E-state index contributed by atoms with van der Waals surface area (Å²) in [4.78, 5) is 0. The molecular formula is C12H18ClFN2O. The molecule has 1 aromatic carbocycles. The normalized spacial score (nSPS) is 12.5. The van der Waals surface area contributed by atoms with E-state index in [0.717, 1.165) is 12.8 Å². The molecule has 0 saturated carbocycles. The van der Waals surface area contributed by atoms with E-state index in [1.165, 1.54) is 6.07 Å². The molecule has 0 spiro atoms. The van der Waals surface area contributed by atoms with Crippen LogP contribution in [-0.4, -0.2) is 26.3 Å². The van der Waals surface area contributed by atoms with Crippen LogP contribution in [-0.2, 0) is 4.74 Å². The summed E-state index contributed by atoms with van der Waals surface area (Å²) in [5, 5.41) is 3.48. The Morgan fingerprint density at radius 3 is 2.88 bits per heavy atom. The highest BCUT2D eigenvalue weighted by molar-refractivity contribution is 6.30. The Morgan fingerprint density at radius 1 is 1.53 bits per heavy atom. The van der Waals surface area contributed by atoms with Gasteiger partial charge in [0, 0.05) is 18.2 Å². The summed E-state index contributed by atoms with van der Waals surface area (Å²) >= 11 is 5.69. The van der Waals surface area contributed by atoms with Crippen molar-refractivity contribution in [3.8, 4) is 0 Å². The molecule has 1 atom stereocenters. The summed E-state index contributed by atoms with van der Waals surface area (Å²) in [6.45, 7) is 1.13. The maximum absolute atomic E-state index is 13.6. The lowest BCUT2D eigenvalue weighted by atomic mass is 10.1. The molecule has 1 rings (SSSR count). The number of methoxy groups -OCH3 is 1. The Balaban J connectivity index is 2.64. The first-order valence-corrected chi connectivity index (χ1v) is 5.95. The van der Waals surface area contributed by atoms with E-state index in [9.17, 15) is 4.39 Å². The second-order valence-electron chi connectivity index (χ2n) is 3.85. The fourth-order valence-corrected chi connectivity index (χ4v) is 1.75. The maximum atomic E-state index is 13.6. The van der Waals surface area contributed by atoms with Crippen LogP contribution in [0.3, 0.4) is 0 Å². The van der Waals surface area contributed by atoms with Gasteiger partial charge in [-0.3, -0.25) is 0 Å². The van der Waals surface area contributed by atoms with E-state index in [1.807, 2.05) is 0 Å². The zero-order valence-corrected chi connectivity index (χ0v) is 10.6. The van der Waals surface area contributed by atoms with Crippen molar-refractivity contribution in [2.24, 2.45) is 5.73 Å². The highest BCUT2D eigenvalue weighted by Crippen LogP contribution is 2.20. The zero-order valence-electron chi connectivity index (χ0n) is 9.88. The first-order valence-electron chi connectivity index (χ1n) is 5.58. The Bertz CT molecular complexity index is 349. The molecule has 0 aliphatic heterocycles. The fraction of sp³-hybridized carbons (Fsp3) is 0.500. The van der Waals surface area contributed by atoms with E-state index < -0.39 is 0 Å². The number of nitrogens with one attached hydrogen (secondary N) is 1. The molecule has 0 radical (unpaired) electrons. The maximum Gasteiger partial charge on any atom is 0.147 e. The first kappa shape index (κ1) is 14.2. The molecule has 96 valence electrons. The van der Waals surface area contributed by atoms with Gasteiger partial charge in [-0.25, -0.2) is 4.39 Å². The lowest BCUT2D eigenvalue weighted by Gasteiger charge is -2.19. The molecule has 0 fully saturated rings. The van der Waals surface area contributed by atoms with Crippen LogP contribution in [0.1, 0.15) is 12.8 Å². The van der Waals surface area contributed by atoms with E-state index in [4.69, 9.17) is 22.1 Å². The van der Waals surface area contributed by atoms with Crippen molar-refractivity contribution < 1.29 is 9.13 Å². The van der Waals surface area contributed by atoms with Crippen molar-refractivity contribution in [3.63, 3.8) is 0 Å². The van der Waals surface area contributed by atoms with Gasteiger partial charge in [-0.1, -0.05) is 11.6 Å². The van der Waals surface area contributed by atoms with Crippen molar-refractivity contribution in [1.82, 2.24) is 0 Å². The Hall–Kier alpha value is -0.840. The standard InChI is InChI=1S/C12H18ClFN2O/c1-17-8-10(3-2-6-15)16-12-5-4-9(13)7-11(12)14/h4-5,7,10,16H,2-3,6,8,15H2,1H3. The average molecular weight is 261 g/mol. The van der Waals surface area contributed by atoms with Crippen LogP contribution in [0, 0.1) is 5.82 Å². The van der Waals surface area contributed by atoms with Crippen molar-refractivity contribution in [1.29, 1.82) is 0 Å². The summed E-state index contributed by atoms with van der Waals surface area (Å²) in [6.07, 6.45) is 1.71. The average Bonchev–Trinajstić information content (AvgIpc) is 2.29. The number of rotatable bonds is 7. The van der Waals surface area contributed by atoms with E-state index in [-0.39, 0.29) is 11.9 Å².